The quantitative estimate of drug-likeness (QED) is 0.383. The average Bonchev–Trinajstić information content (AvgIpc) is 2.94. The lowest BCUT2D eigenvalue weighted by molar-refractivity contribution is 0.0162. The predicted molar refractivity (Wildman–Crippen MR) is 145 cm³/mol. The Kier molecular flexibility index (Phi) is 9.22. The van der Waals surface area contributed by atoms with Gasteiger partial charge in [0.25, 0.3) is 15.9 Å². The van der Waals surface area contributed by atoms with E-state index in [1.807, 2.05) is 31.2 Å². The number of methoxy groups -OCH3 is 1. The molecule has 4 rings (SSSR count). The Bertz CT molecular complexity index is 1290. The molecule has 0 spiro atoms. The fraction of sp³-hybridized carbons (Fsp3) is 0.321. The number of benzene rings is 3. The van der Waals surface area contributed by atoms with Crippen molar-refractivity contribution in [1.82, 2.24) is 10.2 Å². The van der Waals surface area contributed by atoms with E-state index >= 15 is 0 Å². The fourth-order valence-corrected chi connectivity index (χ4v) is 5.31. The van der Waals surface area contributed by atoms with E-state index in [0.717, 1.165) is 24.4 Å². The van der Waals surface area contributed by atoms with E-state index in [4.69, 9.17) is 14.2 Å². The first-order chi connectivity index (χ1) is 18.4. The zero-order chi connectivity index (χ0) is 27.0. The molecule has 1 heterocycles. The number of hydrogen-bond acceptors (Lipinski definition) is 7. The van der Waals surface area contributed by atoms with Gasteiger partial charge in [-0.3, -0.25) is 14.4 Å². The monoisotopic (exact) mass is 539 g/mol. The van der Waals surface area contributed by atoms with Crippen LogP contribution in [0.1, 0.15) is 28.9 Å². The fourth-order valence-electron chi connectivity index (χ4n) is 4.25. The Morgan fingerprint density at radius 1 is 0.947 bits per heavy atom. The lowest BCUT2D eigenvalue weighted by atomic mass is 10.0. The highest BCUT2D eigenvalue weighted by Gasteiger charge is 2.23. The molecule has 202 valence electrons. The maximum Gasteiger partial charge on any atom is 0.261 e. The summed E-state index contributed by atoms with van der Waals surface area (Å²) in [6.45, 7) is 5.62. The lowest BCUT2D eigenvalue weighted by Gasteiger charge is -2.35. The van der Waals surface area contributed by atoms with Crippen LogP contribution in [0.15, 0.2) is 77.7 Å². The predicted octanol–water partition coefficient (Wildman–Crippen LogP) is 3.70. The molecule has 1 saturated heterocycles. The van der Waals surface area contributed by atoms with Gasteiger partial charge < -0.3 is 19.5 Å². The standard InChI is InChI=1S/C28H33N3O6S/c1-3-37-25-12-14-26(15-13-25)38(33,34)30-23-8-4-22(5-9-23)28(32)29-20-27(31-16-18-36-19-17-31)21-6-10-24(35-2)11-7-21/h4-15,27,30H,3,16-20H2,1-2H3,(H,29,32)/t27-/m1/s1. The zero-order valence-corrected chi connectivity index (χ0v) is 22.4. The molecule has 9 nitrogen and oxygen atoms in total. The van der Waals surface area contributed by atoms with E-state index in [1.165, 1.54) is 12.1 Å². The van der Waals surface area contributed by atoms with Crippen LogP contribution in [0.25, 0.3) is 0 Å². The molecule has 1 atom stereocenters. The van der Waals surface area contributed by atoms with Gasteiger partial charge in [0.2, 0.25) is 0 Å². The second kappa shape index (κ2) is 12.8. The van der Waals surface area contributed by atoms with E-state index in [9.17, 15) is 13.2 Å². The molecule has 0 bridgehead atoms. The van der Waals surface area contributed by atoms with Gasteiger partial charge in [-0.25, -0.2) is 8.42 Å². The van der Waals surface area contributed by atoms with Crippen LogP contribution in [0.3, 0.4) is 0 Å². The van der Waals surface area contributed by atoms with Crippen LogP contribution in [0.4, 0.5) is 5.69 Å². The summed E-state index contributed by atoms with van der Waals surface area (Å²) in [5, 5.41) is 3.03. The molecule has 0 saturated carbocycles. The molecule has 3 aromatic carbocycles. The summed E-state index contributed by atoms with van der Waals surface area (Å²) in [6.07, 6.45) is 0. The van der Waals surface area contributed by atoms with Crippen LogP contribution in [0, 0.1) is 0 Å². The van der Waals surface area contributed by atoms with E-state index < -0.39 is 10.0 Å². The van der Waals surface area contributed by atoms with Crippen molar-refractivity contribution in [3.8, 4) is 11.5 Å². The Hall–Kier alpha value is -3.60. The van der Waals surface area contributed by atoms with Gasteiger partial charge in [-0.15, -0.1) is 0 Å². The summed E-state index contributed by atoms with van der Waals surface area (Å²) in [5.41, 5.74) is 1.87. The number of anilines is 1. The largest absolute Gasteiger partial charge is 0.497 e. The first-order valence-electron chi connectivity index (χ1n) is 12.5. The maximum atomic E-state index is 12.9. The summed E-state index contributed by atoms with van der Waals surface area (Å²) >= 11 is 0. The van der Waals surface area contributed by atoms with Gasteiger partial charge in [0.05, 0.1) is 37.9 Å². The van der Waals surface area contributed by atoms with Gasteiger partial charge >= 0.3 is 0 Å². The van der Waals surface area contributed by atoms with Crippen molar-refractivity contribution >= 4 is 21.6 Å². The van der Waals surface area contributed by atoms with Crippen molar-refractivity contribution in [2.45, 2.75) is 17.9 Å². The Labute approximate surface area is 223 Å². The summed E-state index contributed by atoms with van der Waals surface area (Å²) < 4.78 is 44.2. The first kappa shape index (κ1) is 27.4. The molecular formula is C28H33N3O6S. The van der Waals surface area contributed by atoms with Crippen molar-refractivity contribution in [2.24, 2.45) is 0 Å². The molecule has 1 aliphatic heterocycles. The minimum atomic E-state index is -3.78. The summed E-state index contributed by atoms with van der Waals surface area (Å²) in [6, 6.07) is 20.4. The number of nitrogens with zero attached hydrogens (tertiary/aromatic N) is 1. The van der Waals surface area contributed by atoms with Gasteiger partial charge in [-0.05, 0) is 73.2 Å². The number of amides is 1. The van der Waals surface area contributed by atoms with Gasteiger partial charge in [0.15, 0.2) is 0 Å². The SMILES string of the molecule is CCOc1ccc(S(=O)(=O)Nc2ccc(C(=O)NC[C@H](c3ccc(OC)cc3)N3CCOCC3)cc2)cc1. The molecule has 0 aliphatic carbocycles. The van der Waals surface area contributed by atoms with E-state index in [2.05, 4.69) is 14.9 Å². The molecule has 0 radical (unpaired) electrons. The molecular weight excluding hydrogens is 506 g/mol. The molecule has 0 unspecified atom stereocenters. The minimum absolute atomic E-state index is 0.0195. The summed E-state index contributed by atoms with van der Waals surface area (Å²) in [7, 11) is -2.15. The van der Waals surface area contributed by atoms with E-state index in [0.29, 0.717) is 43.4 Å². The van der Waals surface area contributed by atoms with Crippen molar-refractivity contribution in [3.63, 3.8) is 0 Å². The highest BCUT2D eigenvalue weighted by Crippen LogP contribution is 2.24. The van der Waals surface area contributed by atoms with E-state index in [-0.39, 0.29) is 16.8 Å². The number of carbonyl (C=O) groups is 1. The van der Waals surface area contributed by atoms with Gasteiger partial charge in [0.1, 0.15) is 11.5 Å². The number of carbonyl (C=O) groups excluding carboxylic acids is 1. The average molecular weight is 540 g/mol. The van der Waals surface area contributed by atoms with Crippen molar-refractivity contribution < 1.29 is 27.4 Å². The Morgan fingerprint density at radius 3 is 2.18 bits per heavy atom. The molecule has 1 aliphatic rings. The van der Waals surface area contributed by atoms with Crippen LogP contribution in [-0.2, 0) is 14.8 Å². The normalized spacial score (nSPS) is 14.9. The second-order valence-corrected chi connectivity index (χ2v) is 10.4. The molecule has 10 heteroatoms. The number of sulfonamides is 1. The summed E-state index contributed by atoms with van der Waals surface area (Å²) in [5.74, 6) is 1.14. The van der Waals surface area contributed by atoms with Crippen LogP contribution in [0.5, 0.6) is 11.5 Å². The zero-order valence-electron chi connectivity index (χ0n) is 21.6. The maximum absolute atomic E-state index is 12.9. The topological polar surface area (TPSA) is 106 Å². The lowest BCUT2D eigenvalue weighted by Crippen LogP contribution is -2.43. The molecule has 0 aromatic heterocycles. The highest BCUT2D eigenvalue weighted by atomic mass is 32.2. The molecule has 1 fully saturated rings. The highest BCUT2D eigenvalue weighted by molar-refractivity contribution is 7.92. The minimum Gasteiger partial charge on any atom is -0.497 e. The molecule has 2 N–H and O–H groups in total. The number of rotatable bonds is 11. The van der Waals surface area contributed by atoms with E-state index in [1.54, 1.807) is 43.5 Å². The third kappa shape index (κ3) is 7.03. The first-order valence-corrected chi connectivity index (χ1v) is 14.0. The molecule has 1 amide bonds. The van der Waals surface area contributed by atoms with Gasteiger partial charge in [-0.2, -0.15) is 0 Å². The number of morpholine rings is 1. The molecule has 38 heavy (non-hydrogen) atoms. The van der Waals surface area contributed by atoms with Crippen molar-refractivity contribution in [2.75, 3.05) is 51.3 Å². The number of hydrogen-bond donors (Lipinski definition) is 2. The van der Waals surface area contributed by atoms with Gasteiger partial charge in [0, 0.05) is 30.9 Å². The van der Waals surface area contributed by atoms with Crippen LogP contribution in [0.2, 0.25) is 0 Å². The Balaban J connectivity index is 1.39. The van der Waals surface area contributed by atoms with Crippen LogP contribution in [-0.4, -0.2) is 65.8 Å². The van der Waals surface area contributed by atoms with Gasteiger partial charge in [-0.1, -0.05) is 12.1 Å². The third-order valence-electron chi connectivity index (χ3n) is 6.29. The van der Waals surface area contributed by atoms with Crippen LogP contribution >= 0.6 is 0 Å². The third-order valence-corrected chi connectivity index (χ3v) is 7.68. The second-order valence-electron chi connectivity index (χ2n) is 8.73. The summed E-state index contributed by atoms with van der Waals surface area (Å²) in [4.78, 5) is 15.4. The molecule has 3 aromatic rings. The van der Waals surface area contributed by atoms with Crippen molar-refractivity contribution in [3.05, 3.63) is 83.9 Å². The Morgan fingerprint density at radius 2 is 1.58 bits per heavy atom. The van der Waals surface area contributed by atoms with Crippen LogP contribution < -0.4 is 19.5 Å². The number of nitrogens with one attached hydrogen (secondary N) is 2. The number of ether oxygens (including phenoxy) is 3. The smallest absolute Gasteiger partial charge is 0.261 e. The van der Waals surface area contributed by atoms with Crippen molar-refractivity contribution in [1.29, 1.82) is 0 Å².